The largest absolute Gasteiger partial charge is 0.382 e. The van der Waals surface area contributed by atoms with E-state index in [9.17, 15) is 13.6 Å². The van der Waals surface area contributed by atoms with Gasteiger partial charge in [-0.25, -0.2) is 13.8 Å². The molecule has 0 radical (unpaired) electrons. The van der Waals surface area contributed by atoms with Crippen LogP contribution in [0.25, 0.3) is 11.3 Å². The first-order chi connectivity index (χ1) is 18.4. The summed E-state index contributed by atoms with van der Waals surface area (Å²) in [7, 11) is 3.32. The monoisotopic (exact) mass is 529 g/mol. The van der Waals surface area contributed by atoms with Crippen molar-refractivity contribution in [1.29, 1.82) is 0 Å². The van der Waals surface area contributed by atoms with E-state index in [4.69, 9.17) is 10.5 Å². The fourth-order valence-electron chi connectivity index (χ4n) is 3.91. The topological polar surface area (TPSA) is 116 Å². The molecule has 1 aromatic heterocycles. The van der Waals surface area contributed by atoms with Gasteiger partial charge in [0.25, 0.3) is 5.91 Å². The van der Waals surface area contributed by atoms with Gasteiger partial charge in [0, 0.05) is 31.6 Å². The smallest absolute Gasteiger partial charge is 0.254 e. The highest BCUT2D eigenvalue weighted by Crippen LogP contribution is 2.23. The van der Waals surface area contributed by atoms with E-state index in [-0.39, 0.29) is 23.7 Å². The van der Waals surface area contributed by atoms with Crippen LogP contribution in [0.3, 0.4) is 0 Å². The van der Waals surface area contributed by atoms with Gasteiger partial charge >= 0.3 is 0 Å². The highest BCUT2D eigenvalue weighted by molar-refractivity contribution is 5.95. The van der Waals surface area contributed by atoms with Gasteiger partial charge in [-0.15, -0.1) is 0 Å². The number of aryl methyl sites for hydroxylation is 1. The van der Waals surface area contributed by atoms with Crippen LogP contribution in [-0.2, 0) is 11.3 Å². The van der Waals surface area contributed by atoms with Gasteiger partial charge in [0.15, 0.2) is 0 Å². The Labute approximate surface area is 225 Å². The van der Waals surface area contributed by atoms with Crippen LogP contribution >= 0.6 is 0 Å². The normalized spacial score (nSPS) is 12.5. The molecule has 2 aromatic carbocycles. The van der Waals surface area contributed by atoms with Crippen molar-refractivity contribution < 1.29 is 18.3 Å². The minimum Gasteiger partial charge on any atom is -0.382 e. The molecule has 1 fully saturated rings. The molecule has 4 rings (SSSR count). The van der Waals surface area contributed by atoms with Gasteiger partial charge in [-0.1, -0.05) is 45.2 Å². The molecule has 38 heavy (non-hydrogen) atoms. The van der Waals surface area contributed by atoms with Crippen molar-refractivity contribution >= 4 is 11.7 Å². The molecule has 5 N–H and O–H groups in total. The predicted octanol–water partition coefficient (Wildman–Crippen LogP) is 5.81. The Morgan fingerprint density at radius 1 is 1.03 bits per heavy atom. The van der Waals surface area contributed by atoms with E-state index < -0.39 is 11.7 Å². The minimum atomic E-state index is -0.708. The molecular weight excluding hydrogens is 488 g/mol. The van der Waals surface area contributed by atoms with E-state index in [0.29, 0.717) is 22.9 Å². The highest BCUT2D eigenvalue weighted by atomic mass is 19.1. The maximum Gasteiger partial charge on any atom is 0.254 e. The number of nitrogens with two attached hydrogens (primary N) is 2. The molecular formula is C29H41F2N5O2. The number of amides is 1. The van der Waals surface area contributed by atoms with E-state index >= 15 is 0 Å². The SMILES string of the molecule is CC.CN.COC1CCCCC1.Cc1cc(F)cc(CNC(=O)c2ccc(-c3nccnc3N)cc2F)c1. The van der Waals surface area contributed by atoms with Gasteiger partial charge in [-0.05, 0) is 62.2 Å². The van der Waals surface area contributed by atoms with Gasteiger partial charge in [-0.2, -0.15) is 0 Å². The first-order valence-corrected chi connectivity index (χ1v) is 12.9. The van der Waals surface area contributed by atoms with Crippen molar-refractivity contribution in [2.45, 2.75) is 65.5 Å². The number of hydrogen-bond donors (Lipinski definition) is 3. The Balaban J connectivity index is 0.000000505. The summed E-state index contributed by atoms with van der Waals surface area (Å²) >= 11 is 0. The number of anilines is 1. The van der Waals surface area contributed by atoms with Crippen LogP contribution < -0.4 is 16.8 Å². The average molecular weight is 530 g/mol. The molecule has 9 heteroatoms. The molecule has 1 aliphatic rings. The van der Waals surface area contributed by atoms with Crippen LogP contribution in [-0.4, -0.2) is 36.1 Å². The van der Waals surface area contributed by atoms with Crippen LogP contribution in [0.2, 0.25) is 0 Å². The lowest BCUT2D eigenvalue weighted by Gasteiger charge is -2.19. The molecule has 0 spiro atoms. The molecule has 7 nitrogen and oxygen atoms in total. The number of nitrogens with one attached hydrogen (secondary N) is 1. The number of nitrogens with zero attached hydrogens (tertiary/aromatic N) is 2. The summed E-state index contributed by atoms with van der Waals surface area (Å²) in [5.74, 6) is -1.51. The van der Waals surface area contributed by atoms with Crippen molar-refractivity contribution in [2.75, 3.05) is 19.9 Å². The van der Waals surface area contributed by atoms with Gasteiger partial charge in [-0.3, -0.25) is 9.78 Å². The maximum absolute atomic E-state index is 14.4. The number of nitrogen functional groups attached to an aromatic ring is 1. The van der Waals surface area contributed by atoms with Gasteiger partial charge in [0.05, 0.1) is 11.7 Å². The summed E-state index contributed by atoms with van der Waals surface area (Å²) in [6.45, 7) is 5.85. The number of rotatable bonds is 5. The Kier molecular flexibility index (Phi) is 15.4. The third-order valence-electron chi connectivity index (χ3n) is 5.65. The summed E-state index contributed by atoms with van der Waals surface area (Å²) in [6.07, 6.45) is 10.2. The van der Waals surface area contributed by atoms with E-state index in [1.54, 1.807) is 19.1 Å². The second-order valence-electron chi connectivity index (χ2n) is 8.30. The number of ether oxygens (including phenoxy) is 1. The molecule has 0 unspecified atom stereocenters. The van der Waals surface area contributed by atoms with Gasteiger partial charge in [0.1, 0.15) is 23.1 Å². The molecule has 1 amide bonds. The summed E-state index contributed by atoms with van der Waals surface area (Å²) in [5, 5.41) is 2.58. The van der Waals surface area contributed by atoms with Crippen molar-refractivity contribution in [3.63, 3.8) is 0 Å². The Hall–Kier alpha value is -3.43. The molecule has 1 saturated carbocycles. The Bertz CT molecular complexity index is 1100. The lowest BCUT2D eigenvalue weighted by atomic mass is 9.98. The number of carbonyl (C=O) groups excluding carboxylic acids is 1. The molecule has 1 aliphatic carbocycles. The number of aromatic nitrogens is 2. The van der Waals surface area contributed by atoms with E-state index in [1.165, 1.54) is 75.8 Å². The fourth-order valence-corrected chi connectivity index (χ4v) is 3.91. The summed E-state index contributed by atoms with van der Waals surface area (Å²) in [4.78, 5) is 20.2. The number of halogens is 2. The standard InChI is InChI=1S/C19H16F2N4O.C7H14O.C2H6.CH5N/c1-11-6-12(8-14(20)7-11)10-25-19(26)15-3-2-13(9-16(15)21)17-18(22)24-5-4-23-17;1-8-7-5-3-2-4-6-7;2*1-2/h2-9H,10H2,1H3,(H2,22,24)(H,25,26);7H,2-6H2,1H3;1-2H3;2H2,1H3. The first-order valence-electron chi connectivity index (χ1n) is 12.9. The van der Waals surface area contributed by atoms with Crippen molar-refractivity contribution in [1.82, 2.24) is 15.3 Å². The van der Waals surface area contributed by atoms with Gasteiger partial charge in [0.2, 0.25) is 0 Å². The lowest BCUT2D eigenvalue weighted by molar-refractivity contribution is 0.0710. The zero-order valence-electron chi connectivity index (χ0n) is 23.1. The molecule has 0 bridgehead atoms. The highest BCUT2D eigenvalue weighted by Gasteiger charge is 2.15. The maximum atomic E-state index is 14.4. The molecule has 0 aliphatic heterocycles. The Morgan fingerprint density at radius 2 is 1.68 bits per heavy atom. The van der Waals surface area contributed by atoms with Crippen molar-refractivity contribution in [3.8, 4) is 11.3 Å². The average Bonchev–Trinajstić information content (AvgIpc) is 2.94. The first kappa shape index (κ1) is 32.6. The van der Waals surface area contributed by atoms with Crippen LogP contribution in [0.4, 0.5) is 14.6 Å². The molecule has 208 valence electrons. The number of methoxy groups -OCH3 is 1. The van der Waals surface area contributed by atoms with Gasteiger partial charge < -0.3 is 21.5 Å². The minimum absolute atomic E-state index is 0.0930. The second-order valence-corrected chi connectivity index (χ2v) is 8.30. The second kappa shape index (κ2) is 17.9. The Morgan fingerprint density at radius 3 is 2.24 bits per heavy atom. The zero-order chi connectivity index (χ0) is 28.5. The molecule has 3 aromatic rings. The quantitative estimate of drug-likeness (QED) is 0.384. The van der Waals surface area contributed by atoms with E-state index in [0.717, 1.165) is 5.56 Å². The third-order valence-corrected chi connectivity index (χ3v) is 5.65. The molecule has 1 heterocycles. The van der Waals surface area contributed by atoms with E-state index in [2.05, 4.69) is 21.0 Å². The number of benzene rings is 2. The molecule has 0 saturated heterocycles. The fraction of sp³-hybridized carbons (Fsp3) is 0.414. The van der Waals surface area contributed by atoms with Crippen LogP contribution in [0.15, 0.2) is 48.8 Å². The molecule has 0 atom stereocenters. The number of hydrogen-bond acceptors (Lipinski definition) is 6. The van der Waals surface area contributed by atoms with E-state index in [1.807, 2.05) is 21.0 Å². The van der Waals surface area contributed by atoms with Crippen LogP contribution in [0.1, 0.15) is 67.4 Å². The summed E-state index contributed by atoms with van der Waals surface area (Å²) < 4.78 is 32.9. The lowest BCUT2D eigenvalue weighted by Crippen LogP contribution is -2.24. The van der Waals surface area contributed by atoms with Crippen molar-refractivity contribution in [3.05, 3.63) is 77.1 Å². The van der Waals surface area contributed by atoms with Crippen molar-refractivity contribution in [2.24, 2.45) is 5.73 Å². The summed E-state index contributed by atoms with van der Waals surface area (Å²) in [5.41, 5.74) is 12.2. The van der Waals surface area contributed by atoms with Crippen LogP contribution in [0, 0.1) is 18.6 Å². The van der Waals surface area contributed by atoms with Crippen LogP contribution in [0.5, 0.6) is 0 Å². The zero-order valence-corrected chi connectivity index (χ0v) is 23.1. The third kappa shape index (κ3) is 10.5. The summed E-state index contributed by atoms with van der Waals surface area (Å²) in [6, 6.07) is 8.54. The number of carbonyl (C=O) groups is 1. The predicted molar refractivity (Wildman–Crippen MR) is 149 cm³/mol.